The molecule has 0 bridgehead atoms. The second kappa shape index (κ2) is 9.76. The fourth-order valence-electron chi connectivity index (χ4n) is 2.59. The highest BCUT2D eigenvalue weighted by atomic mass is 79.9. The molecule has 0 heterocycles. The molecule has 0 spiro atoms. The van der Waals surface area contributed by atoms with Gasteiger partial charge in [-0.15, -0.1) is 0 Å². The lowest BCUT2D eigenvalue weighted by Gasteiger charge is -2.10. The largest absolute Gasteiger partial charge is 0.488 e. The quantitative estimate of drug-likeness (QED) is 0.256. The summed E-state index contributed by atoms with van der Waals surface area (Å²) in [4.78, 5) is 20.6. The van der Waals surface area contributed by atoms with Crippen molar-refractivity contribution in [1.29, 1.82) is 0 Å². The van der Waals surface area contributed by atoms with Gasteiger partial charge in [-0.1, -0.05) is 28.1 Å². The molecule has 0 aromatic heterocycles. The second-order valence-electron chi connectivity index (χ2n) is 6.19. The molecule has 11 heteroatoms. The van der Waals surface area contributed by atoms with E-state index >= 15 is 0 Å². The molecule has 0 aliphatic heterocycles. The summed E-state index contributed by atoms with van der Waals surface area (Å²) in [6.07, 6.45) is 1.39. The van der Waals surface area contributed by atoms with E-state index in [0.717, 1.165) is 16.6 Å². The number of anilines is 1. The molecule has 3 rings (SSSR count). The molecule has 0 aliphatic rings. The molecule has 0 unspecified atom stereocenters. The summed E-state index contributed by atoms with van der Waals surface area (Å²) in [5.41, 5.74) is 2.82. The zero-order chi connectivity index (χ0) is 22.4. The van der Waals surface area contributed by atoms with E-state index in [9.17, 15) is 24.6 Å². The highest BCUT2D eigenvalue weighted by molar-refractivity contribution is 9.10. The molecular formula is C20H14BrFN4O5. The van der Waals surface area contributed by atoms with Crippen molar-refractivity contribution in [2.24, 2.45) is 5.10 Å². The number of hydrogen-bond acceptors (Lipinski definition) is 7. The molecular weight excluding hydrogens is 475 g/mol. The number of hydrazone groups is 1. The molecule has 0 amide bonds. The number of rotatable bonds is 8. The van der Waals surface area contributed by atoms with Gasteiger partial charge in [-0.05, 0) is 42.0 Å². The van der Waals surface area contributed by atoms with E-state index in [0.29, 0.717) is 16.9 Å². The third kappa shape index (κ3) is 5.82. The normalized spacial score (nSPS) is 10.8. The van der Waals surface area contributed by atoms with Crippen LogP contribution in [-0.2, 0) is 6.61 Å². The van der Waals surface area contributed by atoms with Crippen LogP contribution in [0.25, 0.3) is 0 Å². The lowest BCUT2D eigenvalue weighted by molar-refractivity contribution is -0.393. The molecule has 9 nitrogen and oxygen atoms in total. The summed E-state index contributed by atoms with van der Waals surface area (Å²) >= 11 is 3.35. The monoisotopic (exact) mass is 488 g/mol. The average Bonchev–Trinajstić information content (AvgIpc) is 2.73. The highest BCUT2D eigenvalue weighted by Gasteiger charge is 2.19. The van der Waals surface area contributed by atoms with Crippen molar-refractivity contribution >= 4 is 39.2 Å². The molecule has 0 atom stereocenters. The van der Waals surface area contributed by atoms with Gasteiger partial charge in [0, 0.05) is 16.1 Å². The van der Waals surface area contributed by atoms with Gasteiger partial charge in [0.25, 0.3) is 5.69 Å². The molecule has 0 aliphatic carbocycles. The van der Waals surface area contributed by atoms with Gasteiger partial charge in [0.05, 0.1) is 22.1 Å². The number of non-ortho nitro benzene ring substituents is 1. The van der Waals surface area contributed by atoms with Crippen LogP contribution < -0.4 is 10.2 Å². The fourth-order valence-corrected chi connectivity index (χ4v) is 2.97. The molecule has 0 radical (unpaired) electrons. The molecule has 158 valence electrons. The van der Waals surface area contributed by atoms with Crippen LogP contribution >= 0.6 is 15.9 Å². The summed E-state index contributed by atoms with van der Waals surface area (Å²) in [5, 5.41) is 26.0. The summed E-state index contributed by atoms with van der Waals surface area (Å²) in [5.74, 6) is 0.0868. The Morgan fingerprint density at radius 2 is 1.87 bits per heavy atom. The van der Waals surface area contributed by atoms with Crippen LogP contribution in [0.2, 0.25) is 0 Å². The second-order valence-corrected chi connectivity index (χ2v) is 7.10. The maximum atomic E-state index is 13.3. The Bertz CT molecular complexity index is 1170. The lowest BCUT2D eigenvalue weighted by atomic mass is 10.2. The zero-order valence-electron chi connectivity index (χ0n) is 15.7. The van der Waals surface area contributed by atoms with E-state index in [4.69, 9.17) is 4.74 Å². The van der Waals surface area contributed by atoms with Crippen LogP contribution in [0.4, 0.5) is 21.5 Å². The van der Waals surface area contributed by atoms with Crippen molar-refractivity contribution in [3.63, 3.8) is 0 Å². The van der Waals surface area contributed by atoms with Gasteiger partial charge in [0.15, 0.2) is 0 Å². The number of ether oxygens (including phenoxy) is 1. The van der Waals surface area contributed by atoms with Crippen molar-refractivity contribution in [1.82, 2.24) is 0 Å². The Morgan fingerprint density at radius 3 is 2.58 bits per heavy atom. The third-order valence-electron chi connectivity index (χ3n) is 4.03. The van der Waals surface area contributed by atoms with E-state index < -0.39 is 21.2 Å². The van der Waals surface area contributed by atoms with Crippen LogP contribution in [0.1, 0.15) is 11.1 Å². The number of nitro groups is 2. The first-order valence-corrected chi connectivity index (χ1v) is 9.51. The predicted molar refractivity (Wildman–Crippen MR) is 116 cm³/mol. The Morgan fingerprint density at radius 1 is 1.06 bits per heavy atom. The Labute approximate surface area is 183 Å². The fraction of sp³-hybridized carbons (Fsp3) is 0.0500. The Kier molecular flexibility index (Phi) is 6.88. The molecule has 31 heavy (non-hydrogen) atoms. The summed E-state index contributed by atoms with van der Waals surface area (Å²) in [6, 6.07) is 14.4. The number of benzene rings is 3. The minimum absolute atomic E-state index is 0.0101. The van der Waals surface area contributed by atoms with Crippen molar-refractivity contribution in [3.05, 3.63) is 102 Å². The Balaban J connectivity index is 1.78. The predicted octanol–water partition coefficient (Wildman–Crippen LogP) is 5.43. The van der Waals surface area contributed by atoms with Gasteiger partial charge in [-0.2, -0.15) is 5.10 Å². The van der Waals surface area contributed by atoms with Crippen LogP contribution in [0.3, 0.4) is 0 Å². The molecule has 3 aromatic carbocycles. The van der Waals surface area contributed by atoms with Crippen molar-refractivity contribution in [2.45, 2.75) is 6.61 Å². The van der Waals surface area contributed by atoms with Crippen LogP contribution in [0.5, 0.6) is 5.75 Å². The summed E-state index contributed by atoms with van der Waals surface area (Å²) < 4.78 is 19.8. The number of nitrogens with zero attached hydrogens (tertiary/aromatic N) is 3. The van der Waals surface area contributed by atoms with E-state index in [1.165, 1.54) is 24.4 Å². The minimum atomic E-state index is -0.739. The van der Waals surface area contributed by atoms with Gasteiger partial charge in [-0.3, -0.25) is 25.7 Å². The van der Waals surface area contributed by atoms with Crippen molar-refractivity contribution in [2.75, 3.05) is 5.43 Å². The average molecular weight is 489 g/mol. The molecule has 1 N–H and O–H groups in total. The van der Waals surface area contributed by atoms with Gasteiger partial charge < -0.3 is 4.74 Å². The number of hydrogen-bond donors (Lipinski definition) is 1. The maximum absolute atomic E-state index is 13.3. The third-order valence-corrected chi connectivity index (χ3v) is 4.53. The molecule has 0 fully saturated rings. The molecule has 0 saturated carbocycles. The molecule has 0 saturated heterocycles. The van der Waals surface area contributed by atoms with Gasteiger partial charge >= 0.3 is 5.69 Å². The SMILES string of the molecule is O=[N+]([O-])c1ccc(N/N=C/c2cc(Br)ccc2OCc2cccc(F)c2)c([N+](=O)[O-])c1. The van der Waals surface area contributed by atoms with Crippen LogP contribution in [-0.4, -0.2) is 16.1 Å². The number of nitro benzene ring substituents is 2. The van der Waals surface area contributed by atoms with Crippen LogP contribution in [0, 0.1) is 26.0 Å². The van der Waals surface area contributed by atoms with Gasteiger partial charge in [-0.25, -0.2) is 4.39 Å². The van der Waals surface area contributed by atoms with Crippen LogP contribution in [0.15, 0.2) is 70.2 Å². The van der Waals surface area contributed by atoms with E-state index in [1.807, 2.05) is 0 Å². The Hall–Kier alpha value is -3.86. The lowest BCUT2D eigenvalue weighted by Crippen LogP contribution is -2.01. The topological polar surface area (TPSA) is 120 Å². The smallest absolute Gasteiger partial charge is 0.301 e. The van der Waals surface area contributed by atoms with E-state index in [2.05, 4.69) is 26.5 Å². The summed E-state index contributed by atoms with van der Waals surface area (Å²) in [7, 11) is 0. The first-order chi connectivity index (χ1) is 14.8. The highest BCUT2D eigenvalue weighted by Crippen LogP contribution is 2.29. The zero-order valence-corrected chi connectivity index (χ0v) is 17.3. The maximum Gasteiger partial charge on any atom is 0.301 e. The molecule has 3 aromatic rings. The van der Waals surface area contributed by atoms with Crippen molar-refractivity contribution < 1.29 is 19.0 Å². The van der Waals surface area contributed by atoms with Gasteiger partial charge in [0.1, 0.15) is 23.9 Å². The first-order valence-electron chi connectivity index (χ1n) is 8.72. The number of halogens is 2. The van der Waals surface area contributed by atoms with E-state index in [1.54, 1.807) is 30.3 Å². The number of nitrogens with one attached hydrogen (secondary N) is 1. The summed E-state index contributed by atoms with van der Waals surface area (Å²) in [6.45, 7) is 0.126. The standard InChI is InChI=1S/C20H14BrFN4O5/c21-15-4-7-20(31-12-13-2-1-3-16(22)8-13)14(9-15)11-23-24-18-6-5-17(25(27)28)10-19(18)26(29)30/h1-11,24H,12H2/b23-11+. The first kappa shape index (κ1) is 21.8. The van der Waals surface area contributed by atoms with Gasteiger partial charge in [0.2, 0.25) is 0 Å². The van der Waals surface area contributed by atoms with E-state index in [-0.39, 0.29) is 18.1 Å². The van der Waals surface area contributed by atoms with Crippen molar-refractivity contribution in [3.8, 4) is 5.75 Å². The minimum Gasteiger partial charge on any atom is -0.488 e.